The molecule has 1 aliphatic heterocycles. The van der Waals surface area contributed by atoms with Crippen LogP contribution in [-0.4, -0.2) is 58.9 Å². The molecule has 1 amide bonds. The molecule has 1 saturated heterocycles. The molecule has 162 valence electrons. The number of benzene rings is 2. The number of anilines is 1. The quantitative estimate of drug-likeness (QED) is 0.465. The van der Waals surface area contributed by atoms with Crippen molar-refractivity contribution in [3.8, 4) is 22.0 Å². The van der Waals surface area contributed by atoms with E-state index < -0.39 is 0 Å². The molecule has 3 heterocycles. The van der Waals surface area contributed by atoms with E-state index in [1.807, 2.05) is 69.7 Å². The number of piperazine rings is 1. The van der Waals surface area contributed by atoms with Gasteiger partial charge in [-0.1, -0.05) is 24.3 Å². The molecule has 0 bridgehead atoms. The van der Waals surface area contributed by atoms with E-state index in [0.29, 0.717) is 18.8 Å². The Morgan fingerprint density at radius 2 is 1.78 bits per heavy atom. The van der Waals surface area contributed by atoms with Gasteiger partial charge in [0.25, 0.3) is 5.91 Å². The number of ether oxygens (including phenoxy) is 1. The van der Waals surface area contributed by atoms with Gasteiger partial charge in [0.1, 0.15) is 16.5 Å². The lowest BCUT2D eigenvalue weighted by Crippen LogP contribution is -2.48. The van der Waals surface area contributed by atoms with E-state index in [1.54, 1.807) is 13.3 Å². The number of methoxy groups -OCH3 is 1. The molecule has 0 saturated carbocycles. The van der Waals surface area contributed by atoms with Crippen LogP contribution in [0.15, 0.2) is 72.4 Å². The molecule has 4 aromatic rings. The molecular weight excluding hydrogens is 422 g/mol. The predicted molar refractivity (Wildman–Crippen MR) is 126 cm³/mol. The highest BCUT2D eigenvalue weighted by Gasteiger charge is 2.24. The van der Waals surface area contributed by atoms with E-state index >= 15 is 0 Å². The summed E-state index contributed by atoms with van der Waals surface area (Å²) in [4.78, 5) is 21.8. The zero-order chi connectivity index (χ0) is 21.9. The SMILES string of the molecule is COc1cccc(N2CCN(C(=O)c3csc(-c4cnn(-c5ccccc5)c4)n3)CC2)c1. The number of carbonyl (C=O) groups is 1. The Balaban J connectivity index is 1.24. The molecule has 0 N–H and O–H groups in total. The number of amides is 1. The normalized spacial score (nSPS) is 13.9. The van der Waals surface area contributed by atoms with Gasteiger partial charge in [-0.15, -0.1) is 11.3 Å². The van der Waals surface area contributed by atoms with Crippen LogP contribution in [0.1, 0.15) is 10.5 Å². The van der Waals surface area contributed by atoms with Crippen molar-refractivity contribution in [1.82, 2.24) is 19.7 Å². The fourth-order valence-electron chi connectivity index (χ4n) is 3.80. The average Bonchev–Trinajstić information content (AvgIpc) is 3.54. The number of thiazole rings is 1. The number of para-hydroxylation sites is 1. The van der Waals surface area contributed by atoms with Crippen molar-refractivity contribution >= 4 is 22.9 Å². The summed E-state index contributed by atoms with van der Waals surface area (Å²) in [7, 11) is 1.67. The second-order valence-electron chi connectivity index (χ2n) is 7.53. The summed E-state index contributed by atoms with van der Waals surface area (Å²) >= 11 is 1.47. The number of hydrogen-bond acceptors (Lipinski definition) is 6. The van der Waals surface area contributed by atoms with Crippen molar-refractivity contribution in [3.05, 3.63) is 78.1 Å². The molecular formula is C24H23N5O2S. The summed E-state index contributed by atoms with van der Waals surface area (Å²) in [5, 5.41) is 7.07. The lowest BCUT2D eigenvalue weighted by atomic mass is 10.2. The summed E-state index contributed by atoms with van der Waals surface area (Å²) in [6.07, 6.45) is 3.72. The molecule has 8 heteroatoms. The van der Waals surface area contributed by atoms with Gasteiger partial charge < -0.3 is 14.5 Å². The molecule has 2 aromatic carbocycles. The molecule has 2 aromatic heterocycles. The lowest BCUT2D eigenvalue weighted by Gasteiger charge is -2.35. The summed E-state index contributed by atoms with van der Waals surface area (Å²) < 4.78 is 7.14. The van der Waals surface area contributed by atoms with Crippen LogP contribution in [0.2, 0.25) is 0 Å². The highest BCUT2D eigenvalue weighted by Crippen LogP contribution is 2.26. The van der Waals surface area contributed by atoms with Crippen molar-refractivity contribution in [1.29, 1.82) is 0 Å². The zero-order valence-electron chi connectivity index (χ0n) is 17.7. The molecule has 32 heavy (non-hydrogen) atoms. The second kappa shape index (κ2) is 8.84. The standard InChI is InChI=1S/C24H23N5O2S/c1-31-21-9-5-8-20(14-21)27-10-12-28(13-11-27)24(30)22-17-32-23(26-22)18-15-25-29(16-18)19-6-3-2-4-7-19/h2-9,14-17H,10-13H2,1H3. The van der Waals surface area contributed by atoms with Crippen LogP contribution in [0, 0.1) is 0 Å². The molecule has 1 fully saturated rings. The van der Waals surface area contributed by atoms with Crippen molar-refractivity contribution in [2.75, 3.05) is 38.2 Å². The smallest absolute Gasteiger partial charge is 0.273 e. The average molecular weight is 446 g/mol. The van der Waals surface area contributed by atoms with Crippen molar-refractivity contribution in [3.63, 3.8) is 0 Å². The monoisotopic (exact) mass is 445 g/mol. The Bertz CT molecular complexity index is 1210. The summed E-state index contributed by atoms with van der Waals surface area (Å²) in [5.74, 6) is 0.819. The van der Waals surface area contributed by atoms with Gasteiger partial charge >= 0.3 is 0 Å². The number of nitrogens with zero attached hydrogens (tertiary/aromatic N) is 5. The summed E-state index contributed by atoms with van der Waals surface area (Å²) in [5.41, 5.74) is 3.50. The first-order valence-corrected chi connectivity index (χ1v) is 11.3. The van der Waals surface area contributed by atoms with Crippen LogP contribution in [0.4, 0.5) is 5.69 Å². The maximum atomic E-state index is 13.0. The molecule has 0 atom stereocenters. The van der Waals surface area contributed by atoms with Crippen LogP contribution >= 0.6 is 11.3 Å². The largest absolute Gasteiger partial charge is 0.497 e. The van der Waals surface area contributed by atoms with E-state index in [4.69, 9.17) is 4.74 Å². The Hall–Kier alpha value is -3.65. The van der Waals surface area contributed by atoms with Crippen molar-refractivity contribution in [2.45, 2.75) is 0 Å². The fourth-order valence-corrected chi connectivity index (χ4v) is 4.57. The highest BCUT2D eigenvalue weighted by molar-refractivity contribution is 7.13. The van der Waals surface area contributed by atoms with Crippen molar-refractivity contribution in [2.24, 2.45) is 0 Å². The first-order valence-electron chi connectivity index (χ1n) is 10.5. The predicted octanol–water partition coefficient (Wildman–Crippen LogP) is 3.97. The molecule has 0 spiro atoms. The van der Waals surface area contributed by atoms with E-state index in [0.717, 1.165) is 40.8 Å². The number of carbonyl (C=O) groups excluding carboxylic acids is 1. The third-order valence-corrected chi connectivity index (χ3v) is 6.45. The van der Waals surface area contributed by atoms with E-state index in [2.05, 4.69) is 21.0 Å². The maximum absolute atomic E-state index is 13.0. The minimum atomic E-state index is -0.0201. The van der Waals surface area contributed by atoms with Gasteiger partial charge in [-0.3, -0.25) is 4.79 Å². The van der Waals surface area contributed by atoms with Crippen LogP contribution in [-0.2, 0) is 0 Å². The Kier molecular flexibility index (Phi) is 5.60. The molecule has 7 nitrogen and oxygen atoms in total. The molecule has 0 radical (unpaired) electrons. The molecule has 1 aliphatic rings. The highest BCUT2D eigenvalue weighted by atomic mass is 32.1. The molecule has 5 rings (SSSR count). The zero-order valence-corrected chi connectivity index (χ0v) is 18.5. The van der Waals surface area contributed by atoms with Crippen molar-refractivity contribution < 1.29 is 9.53 Å². The first kappa shape index (κ1) is 20.3. The Morgan fingerprint density at radius 3 is 2.56 bits per heavy atom. The van der Waals surface area contributed by atoms with Gasteiger partial charge in [-0.25, -0.2) is 9.67 Å². The number of aromatic nitrogens is 3. The minimum absolute atomic E-state index is 0.0201. The second-order valence-corrected chi connectivity index (χ2v) is 8.39. The third-order valence-electron chi connectivity index (χ3n) is 5.56. The lowest BCUT2D eigenvalue weighted by molar-refractivity contribution is 0.0741. The third kappa shape index (κ3) is 4.09. The fraction of sp³-hybridized carbons (Fsp3) is 0.208. The molecule has 0 unspecified atom stereocenters. The maximum Gasteiger partial charge on any atom is 0.273 e. The van der Waals surface area contributed by atoms with Gasteiger partial charge in [0.2, 0.25) is 0 Å². The van der Waals surface area contributed by atoms with Gasteiger partial charge in [0.05, 0.1) is 19.0 Å². The topological polar surface area (TPSA) is 63.5 Å². The summed E-state index contributed by atoms with van der Waals surface area (Å²) in [6.45, 7) is 2.88. The van der Waals surface area contributed by atoms with E-state index in [1.165, 1.54) is 11.3 Å². The van der Waals surface area contributed by atoms with E-state index in [-0.39, 0.29) is 5.91 Å². The van der Waals surface area contributed by atoms with Gasteiger partial charge in [0.15, 0.2) is 0 Å². The van der Waals surface area contributed by atoms with Crippen LogP contribution in [0.3, 0.4) is 0 Å². The van der Waals surface area contributed by atoms with Crippen LogP contribution < -0.4 is 9.64 Å². The Morgan fingerprint density at radius 1 is 1.00 bits per heavy atom. The minimum Gasteiger partial charge on any atom is -0.497 e. The summed E-state index contributed by atoms with van der Waals surface area (Å²) in [6, 6.07) is 18.0. The van der Waals surface area contributed by atoms with Gasteiger partial charge in [-0.05, 0) is 24.3 Å². The van der Waals surface area contributed by atoms with Crippen LogP contribution in [0.25, 0.3) is 16.3 Å². The van der Waals surface area contributed by atoms with Gasteiger partial charge in [0, 0.05) is 55.1 Å². The first-order chi connectivity index (χ1) is 15.7. The van der Waals surface area contributed by atoms with Crippen LogP contribution in [0.5, 0.6) is 5.75 Å². The molecule has 0 aliphatic carbocycles. The van der Waals surface area contributed by atoms with E-state index in [9.17, 15) is 4.79 Å². The number of hydrogen-bond donors (Lipinski definition) is 0. The number of rotatable bonds is 5. The van der Waals surface area contributed by atoms with Gasteiger partial charge in [-0.2, -0.15) is 5.10 Å². The Labute approximate surface area is 190 Å².